The van der Waals surface area contributed by atoms with Crippen LogP contribution in [0.2, 0.25) is 0 Å². The Labute approximate surface area is 91.9 Å². The Bertz CT molecular complexity index is 306. The summed E-state index contributed by atoms with van der Waals surface area (Å²) >= 11 is 0. The van der Waals surface area contributed by atoms with E-state index < -0.39 is 0 Å². The Kier molecular flexibility index (Phi) is 3.41. The monoisotopic (exact) mass is 207 g/mol. The Morgan fingerprint density at radius 2 is 2.40 bits per heavy atom. The molecule has 1 fully saturated rings. The molecule has 1 aromatic heterocycles. The van der Waals surface area contributed by atoms with Crippen molar-refractivity contribution in [2.45, 2.75) is 58.2 Å². The first-order chi connectivity index (χ1) is 7.31. The van der Waals surface area contributed by atoms with Crippen LogP contribution in [0.5, 0.6) is 0 Å². The van der Waals surface area contributed by atoms with Crippen LogP contribution in [-0.4, -0.2) is 15.8 Å². The number of hydrogen-bond donors (Lipinski definition) is 1. The topological polar surface area (TPSA) is 29.9 Å². The summed E-state index contributed by atoms with van der Waals surface area (Å²) in [6.45, 7) is 5.50. The van der Waals surface area contributed by atoms with Gasteiger partial charge in [-0.3, -0.25) is 4.68 Å². The summed E-state index contributed by atoms with van der Waals surface area (Å²) in [6.07, 6.45) is 6.96. The van der Waals surface area contributed by atoms with Crippen LogP contribution in [-0.2, 0) is 6.54 Å². The van der Waals surface area contributed by atoms with E-state index in [-0.39, 0.29) is 0 Å². The molecule has 2 rings (SSSR count). The van der Waals surface area contributed by atoms with Gasteiger partial charge >= 0.3 is 0 Å². The average Bonchev–Trinajstić information content (AvgIpc) is 2.66. The van der Waals surface area contributed by atoms with Gasteiger partial charge in [0.2, 0.25) is 0 Å². The number of aryl methyl sites for hydroxylation is 1. The number of piperidine rings is 1. The van der Waals surface area contributed by atoms with Crippen LogP contribution in [0.1, 0.15) is 51.3 Å². The molecule has 84 valence electrons. The van der Waals surface area contributed by atoms with E-state index in [2.05, 4.69) is 35.0 Å². The van der Waals surface area contributed by atoms with Crippen LogP contribution in [0.4, 0.5) is 0 Å². The standard InChI is InChI=1S/C12H21N3/c1-3-9-15-12(7-8-13-15)11-6-4-5-10(2)14-11/h7-8,10-11,14H,3-6,9H2,1-2H3. The van der Waals surface area contributed by atoms with E-state index >= 15 is 0 Å². The molecular weight excluding hydrogens is 186 g/mol. The van der Waals surface area contributed by atoms with Crippen LogP contribution >= 0.6 is 0 Å². The molecule has 1 aliphatic rings. The van der Waals surface area contributed by atoms with Gasteiger partial charge in [-0.25, -0.2) is 0 Å². The molecule has 1 saturated heterocycles. The van der Waals surface area contributed by atoms with Gasteiger partial charge in [0.05, 0.1) is 5.69 Å². The molecule has 1 aliphatic heterocycles. The highest BCUT2D eigenvalue weighted by Crippen LogP contribution is 2.25. The maximum Gasteiger partial charge on any atom is 0.0553 e. The summed E-state index contributed by atoms with van der Waals surface area (Å²) in [6, 6.07) is 3.32. The third-order valence-corrected chi connectivity index (χ3v) is 3.16. The fourth-order valence-corrected chi connectivity index (χ4v) is 2.41. The van der Waals surface area contributed by atoms with Crippen molar-refractivity contribution < 1.29 is 0 Å². The van der Waals surface area contributed by atoms with E-state index in [1.54, 1.807) is 0 Å². The zero-order valence-corrected chi connectivity index (χ0v) is 9.74. The average molecular weight is 207 g/mol. The molecule has 1 N–H and O–H groups in total. The molecule has 2 unspecified atom stereocenters. The van der Waals surface area contributed by atoms with Crippen molar-refractivity contribution in [2.75, 3.05) is 0 Å². The van der Waals surface area contributed by atoms with Gasteiger partial charge in [0.1, 0.15) is 0 Å². The third kappa shape index (κ3) is 2.40. The van der Waals surface area contributed by atoms with Crippen LogP contribution in [0, 0.1) is 0 Å². The number of nitrogens with zero attached hydrogens (tertiary/aromatic N) is 2. The van der Waals surface area contributed by atoms with Gasteiger partial charge in [-0.05, 0) is 38.7 Å². The summed E-state index contributed by atoms with van der Waals surface area (Å²) in [5.41, 5.74) is 1.36. The van der Waals surface area contributed by atoms with E-state index in [1.807, 2.05) is 6.20 Å². The second kappa shape index (κ2) is 4.79. The number of aromatic nitrogens is 2. The zero-order valence-electron chi connectivity index (χ0n) is 9.74. The molecule has 2 atom stereocenters. The summed E-state index contributed by atoms with van der Waals surface area (Å²) in [5, 5.41) is 8.04. The highest BCUT2D eigenvalue weighted by molar-refractivity contribution is 5.08. The molecule has 0 saturated carbocycles. The lowest BCUT2D eigenvalue weighted by molar-refractivity contribution is 0.325. The molecule has 0 bridgehead atoms. The van der Waals surface area contributed by atoms with Crippen molar-refractivity contribution in [3.63, 3.8) is 0 Å². The molecule has 15 heavy (non-hydrogen) atoms. The van der Waals surface area contributed by atoms with Gasteiger partial charge in [0.25, 0.3) is 0 Å². The molecule has 3 heteroatoms. The van der Waals surface area contributed by atoms with Crippen molar-refractivity contribution in [2.24, 2.45) is 0 Å². The molecule has 0 radical (unpaired) electrons. The Morgan fingerprint density at radius 1 is 1.53 bits per heavy atom. The number of nitrogens with one attached hydrogen (secondary N) is 1. The van der Waals surface area contributed by atoms with Crippen molar-refractivity contribution in [3.8, 4) is 0 Å². The molecule has 0 amide bonds. The summed E-state index contributed by atoms with van der Waals surface area (Å²) in [4.78, 5) is 0. The Morgan fingerprint density at radius 3 is 3.13 bits per heavy atom. The smallest absolute Gasteiger partial charge is 0.0553 e. The molecule has 0 spiro atoms. The lowest BCUT2D eigenvalue weighted by atomic mass is 9.97. The van der Waals surface area contributed by atoms with Crippen LogP contribution in [0.3, 0.4) is 0 Å². The second-order valence-electron chi connectivity index (χ2n) is 4.53. The minimum absolute atomic E-state index is 0.516. The van der Waals surface area contributed by atoms with Crippen molar-refractivity contribution in [3.05, 3.63) is 18.0 Å². The summed E-state index contributed by atoms with van der Waals surface area (Å²) in [5.74, 6) is 0. The second-order valence-corrected chi connectivity index (χ2v) is 4.53. The summed E-state index contributed by atoms with van der Waals surface area (Å²) in [7, 11) is 0. The first kappa shape index (κ1) is 10.7. The lowest BCUT2D eigenvalue weighted by Gasteiger charge is -2.29. The van der Waals surface area contributed by atoms with Crippen LogP contribution < -0.4 is 5.32 Å². The number of hydrogen-bond acceptors (Lipinski definition) is 2. The molecular formula is C12H21N3. The van der Waals surface area contributed by atoms with Crippen LogP contribution in [0.15, 0.2) is 12.3 Å². The normalized spacial score (nSPS) is 26.8. The first-order valence-corrected chi connectivity index (χ1v) is 6.09. The quantitative estimate of drug-likeness (QED) is 0.825. The number of rotatable bonds is 3. The highest BCUT2D eigenvalue weighted by atomic mass is 15.3. The van der Waals surface area contributed by atoms with E-state index in [1.165, 1.54) is 25.0 Å². The largest absolute Gasteiger partial charge is 0.306 e. The van der Waals surface area contributed by atoms with Gasteiger partial charge in [-0.1, -0.05) is 6.92 Å². The van der Waals surface area contributed by atoms with Crippen molar-refractivity contribution >= 4 is 0 Å². The minimum atomic E-state index is 0.516. The molecule has 2 heterocycles. The SMILES string of the molecule is CCCn1nccc1C1CCCC(C)N1. The predicted octanol–water partition coefficient (Wildman–Crippen LogP) is 2.50. The van der Waals surface area contributed by atoms with Gasteiger partial charge in [-0.15, -0.1) is 0 Å². The fraction of sp³-hybridized carbons (Fsp3) is 0.750. The Hall–Kier alpha value is -0.830. The van der Waals surface area contributed by atoms with Gasteiger partial charge < -0.3 is 5.32 Å². The highest BCUT2D eigenvalue weighted by Gasteiger charge is 2.21. The van der Waals surface area contributed by atoms with Crippen molar-refractivity contribution in [1.29, 1.82) is 0 Å². The maximum absolute atomic E-state index is 4.38. The van der Waals surface area contributed by atoms with E-state index in [0.717, 1.165) is 13.0 Å². The van der Waals surface area contributed by atoms with Gasteiger partial charge in [-0.2, -0.15) is 5.10 Å². The fourth-order valence-electron chi connectivity index (χ4n) is 2.41. The minimum Gasteiger partial charge on any atom is -0.306 e. The molecule has 0 aliphatic carbocycles. The maximum atomic E-state index is 4.38. The lowest BCUT2D eigenvalue weighted by Crippen LogP contribution is -2.35. The van der Waals surface area contributed by atoms with E-state index in [4.69, 9.17) is 0 Å². The molecule has 0 aromatic carbocycles. The summed E-state index contributed by atoms with van der Waals surface area (Å²) < 4.78 is 2.15. The van der Waals surface area contributed by atoms with Crippen molar-refractivity contribution in [1.82, 2.24) is 15.1 Å². The molecule has 3 nitrogen and oxygen atoms in total. The zero-order chi connectivity index (χ0) is 10.7. The Balaban J connectivity index is 2.10. The first-order valence-electron chi connectivity index (χ1n) is 6.09. The van der Waals surface area contributed by atoms with Crippen LogP contribution in [0.25, 0.3) is 0 Å². The molecule has 1 aromatic rings. The predicted molar refractivity (Wildman–Crippen MR) is 61.7 cm³/mol. The van der Waals surface area contributed by atoms with Gasteiger partial charge in [0.15, 0.2) is 0 Å². The van der Waals surface area contributed by atoms with E-state index in [9.17, 15) is 0 Å². The van der Waals surface area contributed by atoms with Gasteiger partial charge in [0, 0.05) is 24.8 Å². The third-order valence-electron chi connectivity index (χ3n) is 3.16. The van der Waals surface area contributed by atoms with E-state index in [0.29, 0.717) is 12.1 Å².